The predicted octanol–water partition coefficient (Wildman–Crippen LogP) is 16.6. The Kier molecular flexibility index (Phi) is 31.3. The van der Waals surface area contributed by atoms with Crippen LogP contribution >= 0.6 is 46.4 Å². The number of Topliss-reactive ketones (excluding diaryl/α,β-unsaturated/α-hetero) is 4. The van der Waals surface area contributed by atoms with Gasteiger partial charge in [-0.05, 0) is 180 Å². The number of alkyl halides is 3. The Hall–Kier alpha value is -13.6. The minimum Gasteiger partial charge on any atom is -0.457 e. The summed E-state index contributed by atoms with van der Waals surface area (Å²) in [7, 11) is 6.72. The summed E-state index contributed by atoms with van der Waals surface area (Å²) in [6.45, 7) is 8.52. The molecule has 6 aliphatic carbocycles. The highest BCUT2D eigenvalue weighted by atomic mass is 35.5. The molecule has 0 spiro atoms. The van der Waals surface area contributed by atoms with Gasteiger partial charge in [-0.25, -0.2) is 19.9 Å². The summed E-state index contributed by atoms with van der Waals surface area (Å²) in [6.07, 6.45) is 11.5. The lowest BCUT2D eigenvalue weighted by Gasteiger charge is -2.70. The maximum Gasteiger partial charge on any atom is 0.394 e. The van der Waals surface area contributed by atoms with Gasteiger partial charge in [0.25, 0.3) is 0 Å². The maximum atomic E-state index is 13.1. The van der Waals surface area contributed by atoms with Crippen LogP contribution < -0.4 is 0 Å². The van der Waals surface area contributed by atoms with Gasteiger partial charge in [0, 0.05) is 168 Å². The minimum absolute atomic E-state index is 0.0193. The van der Waals surface area contributed by atoms with Gasteiger partial charge < -0.3 is 28.8 Å². The summed E-state index contributed by atoms with van der Waals surface area (Å²) in [5.74, 6) is -1.70. The Bertz CT molecular complexity index is 6680. The van der Waals surface area contributed by atoms with Crippen molar-refractivity contribution in [3.8, 4) is 45.6 Å². The molecule has 7 fully saturated rings. The molecule has 12 aromatic heterocycles. The number of carbonyl (C=O) groups excluding carboxylic acids is 8. The number of hydrogen-bond donors (Lipinski definition) is 1. The topological polar surface area (TPSA) is 429 Å². The summed E-state index contributed by atoms with van der Waals surface area (Å²) in [5, 5.41) is 43.3. The van der Waals surface area contributed by atoms with Crippen LogP contribution in [-0.2, 0) is 103 Å². The molecule has 0 amide bonds. The predicted molar refractivity (Wildman–Crippen MR) is 502 cm³/mol. The maximum absolute atomic E-state index is 13.1. The standard InChI is InChI=1S/C25H23ClF3N5O3.C25H26ClN5O4.C25H22ClN5O3.C24H26ClN5O4/c1-14(16-4-3-7-30-22(16)26)37-20(36)8-18-21(32-33-34(18)2)17-6-5-15(10-31-17)19(35)9-23-11-24(12-23,13-23)25(27,28)29;1-15(17-4-3-7-27-23(17)26)35-21(34)8-19-22(29-30-31(19)2)18-6-5-16(10-28-18)20(33)9-24-11-25(12-24,13-24)14-32;1-16(19-9-6-12-27-25(19)26)34-23(33)14-21-24(29-30-31(21)2)20-11-10-18(15-28-20)22(32)13-17-7-4-3-5-8-17;1-15(18-4-3-9-26-24(18)25)34-22(32)13-20-23(28-29-30(20)2)19-6-5-17(14-27-19)21(31)12-16-7-10-33-11-8-16/h3-7,10,14H,8-9,11-13H2,1-2H3;3-7,10,15,32H,8-9,11-14H2,1-2H3;3-12,15-16H,13-14H2,1-2H3;3-6,9,14-16H,7-8,10-13H2,1-2H3/t14-,23?,24?;15-,24?,25?;16-;15-/m1111/s1. The number of benzene rings is 1. The van der Waals surface area contributed by atoms with Crippen LogP contribution in [0.5, 0.6) is 0 Å². The van der Waals surface area contributed by atoms with Gasteiger partial charge in [-0.3, -0.25) is 77.0 Å². The normalized spacial score (nSPS) is 18.4. The van der Waals surface area contributed by atoms with E-state index in [-0.39, 0.29) is 107 Å². The molecule has 726 valence electrons. The number of hydrogen-bond acceptors (Lipinski definition) is 30. The summed E-state index contributed by atoms with van der Waals surface area (Å²) in [4.78, 5) is 135. The molecule has 7 aliphatic rings. The van der Waals surface area contributed by atoms with E-state index in [0.29, 0.717) is 156 Å². The van der Waals surface area contributed by atoms with Crippen LogP contribution in [0.4, 0.5) is 13.2 Å². The average molecular weight is 1990 g/mol. The smallest absolute Gasteiger partial charge is 0.394 e. The Labute approximate surface area is 821 Å². The summed E-state index contributed by atoms with van der Waals surface area (Å²) in [6, 6.07) is 36.9. The van der Waals surface area contributed by atoms with Crippen molar-refractivity contribution in [3.63, 3.8) is 0 Å². The Morgan fingerprint density at radius 1 is 0.393 bits per heavy atom. The van der Waals surface area contributed by atoms with Crippen molar-refractivity contribution < 1.29 is 80.3 Å². The number of ether oxygens (including phenoxy) is 5. The van der Waals surface area contributed by atoms with Crippen LogP contribution in [0.1, 0.15) is 215 Å². The average Bonchev–Trinajstić information content (AvgIpc) is 1.12. The van der Waals surface area contributed by atoms with Crippen molar-refractivity contribution in [1.29, 1.82) is 0 Å². The minimum atomic E-state index is -4.20. The number of aliphatic hydroxyl groups excluding tert-OH is 1. The van der Waals surface area contributed by atoms with Gasteiger partial charge in [-0.2, -0.15) is 13.2 Å². The molecule has 4 bridgehead atoms. The van der Waals surface area contributed by atoms with E-state index in [9.17, 15) is 56.6 Å². The highest BCUT2D eigenvalue weighted by molar-refractivity contribution is 6.31. The molecule has 4 atom stereocenters. The Morgan fingerprint density at radius 3 is 0.979 bits per heavy atom. The molecule has 0 radical (unpaired) electrons. The van der Waals surface area contributed by atoms with E-state index in [4.69, 9.17) is 70.1 Å². The number of esters is 4. The lowest BCUT2D eigenvalue weighted by atomic mass is 9.33. The molecular formula is C99H97Cl4F3N20O14. The molecule has 1 aliphatic heterocycles. The third-order valence-electron chi connectivity index (χ3n) is 25.9. The Morgan fingerprint density at radius 2 is 0.693 bits per heavy atom. The number of carbonyl (C=O) groups is 8. The fourth-order valence-corrected chi connectivity index (χ4v) is 19.7. The Balaban J connectivity index is 0.000000141. The van der Waals surface area contributed by atoms with Crippen molar-refractivity contribution in [2.75, 3.05) is 19.8 Å². The van der Waals surface area contributed by atoms with E-state index in [0.717, 1.165) is 37.7 Å². The van der Waals surface area contributed by atoms with Gasteiger partial charge in [0.05, 0.1) is 76.6 Å². The number of nitrogens with zero attached hydrogens (tertiary/aromatic N) is 20. The van der Waals surface area contributed by atoms with E-state index in [1.54, 1.807) is 190 Å². The van der Waals surface area contributed by atoms with Gasteiger partial charge in [0.15, 0.2) is 23.1 Å². The third-order valence-corrected chi connectivity index (χ3v) is 27.2. The largest absolute Gasteiger partial charge is 0.457 e. The van der Waals surface area contributed by atoms with Crippen LogP contribution in [0.2, 0.25) is 20.6 Å². The molecule has 140 heavy (non-hydrogen) atoms. The zero-order chi connectivity index (χ0) is 99.5. The van der Waals surface area contributed by atoms with Crippen molar-refractivity contribution in [1.82, 2.24) is 99.8 Å². The van der Waals surface area contributed by atoms with Gasteiger partial charge in [-0.15, -0.1) is 20.4 Å². The molecule has 1 aromatic carbocycles. The fourth-order valence-electron chi connectivity index (χ4n) is 18.6. The van der Waals surface area contributed by atoms with E-state index in [1.807, 2.05) is 30.3 Å². The second-order valence-electron chi connectivity index (χ2n) is 36.0. The quantitative estimate of drug-likeness (QED) is 0.0173. The first kappa shape index (κ1) is 101. The molecule has 13 heterocycles. The monoisotopic (exact) mass is 1990 g/mol. The lowest BCUT2D eigenvalue weighted by molar-refractivity contribution is -0.361. The molecular weight excluding hydrogens is 1890 g/mol. The van der Waals surface area contributed by atoms with Gasteiger partial charge in [-0.1, -0.05) is 122 Å². The van der Waals surface area contributed by atoms with E-state index < -0.39 is 65.3 Å². The number of rotatable bonds is 33. The second kappa shape index (κ2) is 43.4. The molecule has 20 rings (SSSR count). The summed E-state index contributed by atoms with van der Waals surface area (Å²) in [5.41, 5.74) is 9.15. The van der Waals surface area contributed by atoms with E-state index in [1.165, 1.54) is 31.1 Å². The van der Waals surface area contributed by atoms with Gasteiger partial charge in [0.1, 0.15) is 67.8 Å². The van der Waals surface area contributed by atoms with Crippen molar-refractivity contribution in [3.05, 3.63) is 270 Å². The number of aryl methyl sites for hydroxylation is 4. The number of aliphatic hydroxyl groups is 1. The molecule has 1 N–H and O–H groups in total. The van der Waals surface area contributed by atoms with Crippen molar-refractivity contribution in [2.45, 2.75) is 161 Å². The van der Waals surface area contributed by atoms with Crippen LogP contribution in [0.25, 0.3) is 45.6 Å². The number of aromatic nitrogens is 20. The lowest BCUT2D eigenvalue weighted by Crippen LogP contribution is -2.68. The molecule has 34 nitrogen and oxygen atoms in total. The third kappa shape index (κ3) is 23.4. The molecule has 6 saturated carbocycles. The molecule has 13 aromatic rings. The van der Waals surface area contributed by atoms with Crippen molar-refractivity contribution >= 4 is 93.4 Å². The first-order valence-corrected chi connectivity index (χ1v) is 46.5. The van der Waals surface area contributed by atoms with E-state index >= 15 is 0 Å². The van der Waals surface area contributed by atoms with Crippen LogP contribution in [0, 0.1) is 27.6 Å². The first-order valence-electron chi connectivity index (χ1n) is 45.0. The number of pyridine rings is 8. The fraction of sp³-hybridized carbons (Fsp3) is 0.374. The molecule has 0 unspecified atom stereocenters. The highest BCUT2D eigenvalue weighted by Crippen LogP contribution is 2.80. The first-order chi connectivity index (χ1) is 67.0. The SMILES string of the molecule is C[C@@H](OC(=O)Cc1c(-c2ccc(C(=O)CC34CC(C(F)(F)F)(C3)C4)cn2)nnn1C)c1cccnc1Cl.C[C@@H](OC(=O)Cc1c(-c2ccc(C(=O)CC34CC(CO)(C3)C4)cn2)nnn1C)c1cccnc1Cl.C[C@@H](OC(=O)Cc1c(-c2ccc(C(=O)CC3CCOCC3)cn2)nnn1C)c1cccnc1Cl.C[C@@H](OC(=O)Cc1c(-c2ccc(C(=O)Cc3ccccc3)cn2)nnn1C)c1cccnc1Cl. The second-order valence-corrected chi connectivity index (χ2v) is 37.4. The van der Waals surface area contributed by atoms with Gasteiger partial charge >= 0.3 is 30.1 Å². The van der Waals surface area contributed by atoms with Crippen LogP contribution in [-0.4, -0.2) is 178 Å². The number of halogens is 7. The number of ketones is 4. The summed E-state index contributed by atoms with van der Waals surface area (Å²) < 4.78 is 72.8. The molecule has 1 saturated heterocycles. The van der Waals surface area contributed by atoms with Crippen LogP contribution in [0.15, 0.2) is 177 Å². The molecule has 41 heteroatoms. The summed E-state index contributed by atoms with van der Waals surface area (Å²) >= 11 is 24.4. The van der Waals surface area contributed by atoms with Crippen LogP contribution in [0.3, 0.4) is 0 Å². The zero-order valence-electron chi connectivity index (χ0n) is 77.4. The highest BCUT2D eigenvalue weighted by Gasteiger charge is 2.78. The van der Waals surface area contributed by atoms with E-state index in [2.05, 4.69) is 81.1 Å². The van der Waals surface area contributed by atoms with Crippen molar-refractivity contribution in [2.24, 2.45) is 55.8 Å². The van der Waals surface area contributed by atoms with Gasteiger partial charge in [0.2, 0.25) is 0 Å². The zero-order valence-corrected chi connectivity index (χ0v) is 80.4.